The first-order chi connectivity index (χ1) is 17.0. The van der Waals surface area contributed by atoms with Crippen LogP contribution in [0.4, 0.5) is 4.39 Å². The first-order valence-corrected chi connectivity index (χ1v) is 11.2. The van der Waals surface area contributed by atoms with Crippen molar-refractivity contribution in [3.05, 3.63) is 84.7 Å². The van der Waals surface area contributed by atoms with Gasteiger partial charge >= 0.3 is 0 Å². The van der Waals surface area contributed by atoms with Crippen LogP contribution in [0.3, 0.4) is 0 Å². The largest absolute Gasteiger partial charge is 0.353 e. The number of benzene rings is 1. The Morgan fingerprint density at radius 2 is 1.66 bits per heavy atom. The first kappa shape index (κ1) is 21.1. The Morgan fingerprint density at radius 1 is 0.829 bits per heavy atom. The van der Waals surface area contributed by atoms with Crippen LogP contribution in [-0.4, -0.2) is 49.1 Å². The third-order valence-corrected chi connectivity index (χ3v) is 5.96. The van der Waals surface area contributed by atoms with Gasteiger partial charge in [0.1, 0.15) is 11.5 Å². The molecule has 0 spiro atoms. The predicted octanol–water partition coefficient (Wildman–Crippen LogP) is 5.43. The molecule has 0 saturated heterocycles. The minimum Gasteiger partial charge on any atom is -0.353 e. The van der Waals surface area contributed by atoms with Gasteiger partial charge in [-0.25, -0.2) is 9.37 Å². The molecule has 0 aliphatic carbocycles. The standard InChI is InChI=1S/C27H22FN7/c1-35(2)15-16-9-18(13-29-12-16)19-10-22-26(33-34-27(22)31-14-19)24-11-21-23(32-24)7-8-30-25(21)17-3-5-20(28)6-4-17/h3-14,32H,15H2,1-2H3,(H,31,33,34). The van der Waals surface area contributed by atoms with Crippen molar-refractivity contribution >= 4 is 21.9 Å². The maximum atomic E-state index is 13.4. The number of hydrogen-bond acceptors (Lipinski definition) is 5. The van der Waals surface area contributed by atoms with Crippen LogP contribution in [0.25, 0.3) is 55.7 Å². The lowest BCUT2D eigenvalue weighted by Gasteiger charge is -2.10. The molecular formula is C27H22FN7. The van der Waals surface area contributed by atoms with E-state index in [9.17, 15) is 4.39 Å². The molecule has 0 aliphatic heterocycles. The van der Waals surface area contributed by atoms with Gasteiger partial charge in [-0.05, 0) is 68.2 Å². The van der Waals surface area contributed by atoms with Crippen LogP contribution in [0.1, 0.15) is 5.56 Å². The predicted molar refractivity (Wildman–Crippen MR) is 135 cm³/mol. The van der Waals surface area contributed by atoms with E-state index in [2.05, 4.69) is 47.2 Å². The van der Waals surface area contributed by atoms with Crippen LogP contribution in [0.2, 0.25) is 0 Å². The topological polar surface area (TPSA) is 86.4 Å². The number of nitrogens with zero attached hydrogens (tertiary/aromatic N) is 5. The molecular weight excluding hydrogens is 441 g/mol. The van der Waals surface area contributed by atoms with E-state index in [4.69, 9.17) is 0 Å². The molecule has 0 fully saturated rings. The van der Waals surface area contributed by atoms with Gasteiger partial charge in [0.25, 0.3) is 0 Å². The molecule has 5 aromatic heterocycles. The van der Waals surface area contributed by atoms with E-state index in [1.165, 1.54) is 12.1 Å². The number of pyridine rings is 3. The van der Waals surface area contributed by atoms with Crippen LogP contribution < -0.4 is 0 Å². The molecule has 0 atom stereocenters. The number of aromatic amines is 2. The average Bonchev–Trinajstić information content (AvgIpc) is 3.48. The van der Waals surface area contributed by atoms with Gasteiger partial charge in [0.05, 0.1) is 11.4 Å². The average molecular weight is 464 g/mol. The summed E-state index contributed by atoms with van der Waals surface area (Å²) in [5.41, 5.74) is 8.00. The summed E-state index contributed by atoms with van der Waals surface area (Å²) in [6.07, 6.45) is 7.32. The van der Waals surface area contributed by atoms with Crippen molar-refractivity contribution < 1.29 is 4.39 Å². The van der Waals surface area contributed by atoms with E-state index in [0.717, 1.165) is 62.2 Å². The summed E-state index contributed by atoms with van der Waals surface area (Å²) in [4.78, 5) is 19.1. The molecule has 6 rings (SSSR count). The third-order valence-electron chi connectivity index (χ3n) is 5.96. The molecule has 5 heterocycles. The quantitative estimate of drug-likeness (QED) is 0.356. The molecule has 0 bridgehead atoms. The lowest BCUT2D eigenvalue weighted by atomic mass is 10.1. The van der Waals surface area contributed by atoms with Crippen molar-refractivity contribution in [3.8, 4) is 33.8 Å². The summed E-state index contributed by atoms with van der Waals surface area (Å²) in [6.45, 7) is 0.812. The van der Waals surface area contributed by atoms with Gasteiger partial charge in [0, 0.05) is 64.3 Å². The summed E-state index contributed by atoms with van der Waals surface area (Å²) in [7, 11) is 4.07. The minimum absolute atomic E-state index is 0.274. The summed E-state index contributed by atoms with van der Waals surface area (Å²) >= 11 is 0. The van der Waals surface area contributed by atoms with Gasteiger partial charge in [0.15, 0.2) is 5.65 Å². The van der Waals surface area contributed by atoms with E-state index in [-0.39, 0.29) is 5.82 Å². The van der Waals surface area contributed by atoms with Crippen molar-refractivity contribution in [1.82, 2.24) is 35.0 Å². The molecule has 0 radical (unpaired) electrons. The molecule has 172 valence electrons. The minimum atomic E-state index is -0.274. The highest BCUT2D eigenvalue weighted by Gasteiger charge is 2.16. The molecule has 0 unspecified atom stereocenters. The molecule has 0 aliphatic rings. The number of rotatable bonds is 5. The highest BCUT2D eigenvalue weighted by molar-refractivity contribution is 5.99. The Bertz CT molecular complexity index is 1670. The number of halogens is 1. The number of aromatic nitrogens is 6. The third kappa shape index (κ3) is 3.94. The van der Waals surface area contributed by atoms with E-state index in [0.29, 0.717) is 5.65 Å². The number of fused-ring (bicyclic) bond motifs is 2. The number of hydrogen-bond donors (Lipinski definition) is 2. The Kier molecular flexibility index (Phi) is 5.08. The van der Waals surface area contributed by atoms with Gasteiger partial charge in [-0.1, -0.05) is 0 Å². The monoisotopic (exact) mass is 463 g/mol. The second-order valence-corrected chi connectivity index (χ2v) is 8.82. The van der Waals surface area contributed by atoms with Crippen LogP contribution in [0.15, 0.2) is 73.3 Å². The first-order valence-electron chi connectivity index (χ1n) is 11.2. The molecule has 0 saturated carbocycles. The normalized spacial score (nSPS) is 11.7. The van der Waals surface area contributed by atoms with E-state index in [1.54, 1.807) is 18.3 Å². The SMILES string of the molecule is CN(C)Cc1cncc(-c2cnc3[nH]nc(-c4cc5c(-c6ccc(F)cc6)nccc5[nH]4)c3c2)c1. The molecule has 6 aromatic rings. The molecule has 35 heavy (non-hydrogen) atoms. The lowest BCUT2D eigenvalue weighted by molar-refractivity contribution is 0.402. The Hall–Kier alpha value is -4.43. The maximum Gasteiger partial charge on any atom is 0.155 e. The Balaban J connectivity index is 1.44. The van der Waals surface area contributed by atoms with Gasteiger partial charge < -0.3 is 9.88 Å². The van der Waals surface area contributed by atoms with Crippen LogP contribution in [-0.2, 0) is 6.54 Å². The van der Waals surface area contributed by atoms with E-state index >= 15 is 0 Å². The zero-order valence-corrected chi connectivity index (χ0v) is 19.2. The Labute approximate surface area is 200 Å². The molecule has 1 aromatic carbocycles. The molecule has 0 amide bonds. The fourth-order valence-corrected chi connectivity index (χ4v) is 4.38. The maximum absolute atomic E-state index is 13.4. The van der Waals surface area contributed by atoms with Crippen molar-refractivity contribution in [2.45, 2.75) is 6.54 Å². The highest BCUT2D eigenvalue weighted by Crippen LogP contribution is 2.33. The van der Waals surface area contributed by atoms with E-state index < -0.39 is 0 Å². The Morgan fingerprint density at radius 3 is 2.49 bits per heavy atom. The zero-order chi connectivity index (χ0) is 23.9. The lowest BCUT2D eigenvalue weighted by Crippen LogP contribution is -2.10. The van der Waals surface area contributed by atoms with Crippen molar-refractivity contribution in [1.29, 1.82) is 0 Å². The fraction of sp³-hybridized carbons (Fsp3) is 0.111. The highest BCUT2D eigenvalue weighted by atomic mass is 19.1. The molecule has 2 N–H and O–H groups in total. The summed E-state index contributed by atoms with van der Waals surface area (Å²) in [5.74, 6) is -0.274. The van der Waals surface area contributed by atoms with E-state index in [1.807, 2.05) is 44.8 Å². The van der Waals surface area contributed by atoms with Gasteiger partial charge in [0.2, 0.25) is 0 Å². The molecule has 7 nitrogen and oxygen atoms in total. The zero-order valence-electron chi connectivity index (χ0n) is 19.2. The van der Waals surface area contributed by atoms with Crippen LogP contribution in [0.5, 0.6) is 0 Å². The summed E-state index contributed by atoms with van der Waals surface area (Å²) < 4.78 is 13.4. The van der Waals surface area contributed by atoms with Crippen LogP contribution >= 0.6 is 0 Å². The van der Waals surface area contributed by atoms with Crippen LogP contribution in [0, 0.1) is 5.82 Å². The van der Waals surface area contributed by atoms with Gasteiger partial charge in [-0.2, -0.15) is 5.10 Å². The second-order valence-electron chi connectivity index (χ2n) is 8.82. The summed E-state index contributed by atoms with van der Waals surface area (Å²) in [6, 6.07) is 14.5. The second kappa shape index (κ2) is 8.41. The van der Waals surface area contributed by atoms with Crippen molar-refractivity contribution in [2.75, 3.05) is 14.1 Å². The summed E-state index contributed by atoms with van der Waals surface area (Å²) in [5, 5.41) is 9.44. The molecule has 8 heteroatoms. The number of nitrogens with one attached hydrogen (secondary N) is 2. The smallest absolute Gasteiger partial charge is 0.155 e. The van der Waals surface area contributed by atoms with Crippen molar-refractivity contribution in [2.24, 2.45) is 0 Å². The number of H-pyrrole nitrogens is 2. The fourth-order valence-electron chi connectivity index (χ4n) is 4.38. The van der Waals surface area contributed by atoms with Gasteiger partial charge in [-0.3, -0.25) is 15.1 Å². The van der Waals surface area contributed by atoms with Gasteiger partial charge in [-0.15, -0.1) is 0 Å². The van der Waals surface area contributed by atoms with Crippen molar-refractivity contribution in [3.63, 3.8) is 0 Å².